The SMILES string of the molecule is CCc1ncc2cc(-c3ccccc3)ccc2n1. The molecule has 0 atom stereocenters. The fourth-order valence-corrected chi connectivity index (χ4v) is 2.05. The molecule has 0 N–H and O–H groups in total. The zero-order chi connectivity index (χ0) is 12.4. The Labute approximate surface area is 106 Å². The van der Waals surface area contributed by atoms with Crippen LogP contribution in [0.25, 0.3) is 22.0 Å². The predicted molar refractivity (Wildman–Crippen MR) is 74.4 cm³/mol. The smallest absolute Gasteiger partial charge is 0.128 e. The summed E-state index contributed by atoms with van der Waals surface area (Å²) in [6.07, 6.45) is 2.78. The molecule has 1 heterocycles. The third-order valence-corrected chi connectivity index (χ3v) is 3.05. The van der Waals surface area contributed by atoms with Crippen LogP contribution in [0.1, 0.15) is 12.7 Å². The fourth-order valence-electron chi connectivity index (χ4n) is 2.05. The normalized spacial score (nSPS) is 10.7. The molecule has 88 valence electrons. The Morgan fingerprint density at radius 2 is 1.78 bits per heavy atom. The van der Waals surface area contributed by atoms with Crippen molar-refractivity contribution in [2.24, 2.45) is 0 Å². The van der Waals surface area contributed by atoms with Gasteiger partial charge in [0.25, 0.3) is 0 Å². The number of aryl methyl sites for hydroxylation is 1. The Hall–Kier alpha value is -2.22. The average molecular weight is 234 g/mol. The van der Waals surface area contributed by atoms with Crippen LogP contribution in [0.3, 0.4) is 0 Å². The Bertz CT molecular complexity index is 675. The number of hydrogen-bond donors (Lipinski definition) is 0. The van der Waals surface area contributed by atoms with E-state index in [0.717, 1.165) is 23.1 Å². The lowest BCUT2D eigenvalue weighted by atomic mass is 10.0. The number of benzene rings is 2. The van der Waals surface area contributed by atoms with Crippen LogP contribution in [-0.2, 0) is 6.42 Å². The topological polar surface area (TPSA) is 25.8 Å². The summed E-state index contributed by atoms with van der Waals surface area (Å²) in [7, 11) is 0. The van der Waals surface area contributed by atoms with E-state index in [1.807, 2.05) is 12.3 Å². The first kappa shape index (κ1) is 10.9. The first-order valence-corrected chi connectivity index (χ1v) is 6.18. The molecule has 2 aromatic carbocycles. The molecular weight excluding hydrogens is 220 g/mol. The molecule has 18 heavy (non-hydrogen) atoms. The summed E-state index contributed by atoms with van der Waals surface area (Å²) in [6, 6.07) is 16.7. The van der Waals surface area contributed by atoms with Gasteiger partial charge in [0.2, 0.25) is 0 Å². The third kappa shape index (κ3) is 1.97. The molecule has 0 aliphatic heterocycles. The second kappa shape index (κ2) is 4.57. The van der Waals surface area contributed by atoms with Gasteiger partial charge in [-0.15, -0.1) is 0 Å². The lowest BCUT2D eigenvalue weighted by molar-refractivity contribution is 0.961. The van der Waals surface area contributed by atoms with Gasteiger partial charge in [0.1, 0.15) is 5.82 Å². The minimum atomic E-state index is 0.871. The minimum Gasteiger partial charge on any atom is -0.241 e. The van der Waals surface area contributed by atoms with Crippen molar-refractivity contribution >= 4 is 10.9 Å². The van der Waals surface area contributed by atoms with Gasteiger partial charge in [-0.3, -0.25) is 0 Å². The number of nitrogens with zero attached hydrogens (tertiary/aromatic N) is 2. The van der Waals surface area contributed by atoms with Gasteiger partial charge in [-0.1, -0.05) is 43.3 Å². The molecule has 1 aromatic heterocycles. The quantitative estimate of drug-likeness (QED) is 0.673. The highest BCUT2D eigenvalue weighted by Crippen LogP contribution is 2.23. The summed E-state index contributed by atoms with van der Waals surface area (Å²) in [5.41, 5.74) is 3.44. The lowest BCUT2D eigenvalue weighted by Crippen LogP contribution is -1.92. The van der Waals surface area contributed by atoms with Crippen LogP contribution < -0.4 is 0 Å². The predicted octanol–water partition coefficient (Wildman–Crippen LogP) is 3.86. The maximum atomic E-state index is 4.52. The largest absolute Gasteiger partial charge is 0.241 e. The van der Waals surface area contributed by atoms with Gasteiger partial charge in [0.15, 0.2) is 0 Å². The molecule has 3 aromatic rings. The molecule has 0 unspecified atom stereocenters. The van der Waals surface area contributed by atoms with Crippen LogP contribution >= 0.6 is 0 Å². The molecule has 2 heteroatoms. The van der Waals surface area contributed by atoms with Crippen LogP contribution in [-0.4, -0.2) is 9.97 Å². The van der Waals surface area contributed by atoms with Crippen LogP contribution in [0.5, 0.6) is 0 Å². The molecule has 0 aliphatic carbocycles. The Morgan fingerprint density at radius 3 is 2.56 bits per heavy atom. The van der Waals surface area contributed by atoms with E-state index in [1.54, 1.807) is 0 Å². The summed E-state index contributed by atoms with van der Waals surface area (Å²) >= 11 is 0. The fraction of sp³-hybridized carbons (Fsp3) is 0.125. The van der Waals surface area contributed by atoms with Gasteiger partial charge in [-0.25, -0.2) is 9.97 Å². The molecule has 0 fully saturated rings. The third-order valence-electron chi connectivity index (χ3n) is 3.05. The van der Waals surface area contributed by atoms with Crippen molar-refractivity contribution in [1.82, 2.24) is 9.97 Å². The second-order valence-electron chi connectivity index (χ2n) is 4.28. The Morgan fingerprint density at radius 1 is 0.944 bits per heavy atom. The number of aromatic nitrogens is 2. The maximum Gasteiger partial charge on any atom is 0.128 e. The van der Waals surface area contributed by atoms with Crippen molar-refractivity contribution in [3.05, 3.63) is 60.6 Å². The highest BCUT2D eigenvalue weighted by Gasteiger charge is 2.01. The van der Waals surface area contributed by atoms with E-state index in [0.29, 0.717) is 0 Å². The Kier molecular flexibility index (Phi) is 2.77. The number of fused-ring (bicyclic) bond motifs is 1. The van der Waals surface area contributed by atoms with Gasteiger partial charge < -0.3 is 0 Å². The molecule has 0 bridgehead atoms. The van der Waals surface area contributed by atoms with Crippen LogP contribution in [0.15, 0.2) is 54.7 Å². The van der Waals surface area contributed by atoms with E-state index in [2.05, 4.69) is 59.4 Å². The van der Waals surface area contributed by atoms with Crippen molar-refractivity contribution in [3.63, 3.8) is 0 Å². The van der Waals surface area contributed by atoms with Crippen LogP contribution in [0, 0.1) is 0 Å². The molecule has 0 saturated carbocycles. The summed E-state index contributed by atoms with van der Waals surface area (Å²) in [5, 5.41) is 1.09. The van der Waals surface area contributed by atoms with Gasteiger partial charge in [-0.05, 0) is 23.3 Å². The van der Waals surface area contributed by atoms with E-state index in [-0.39, 0.29) is 0 Å². The monoisotopic (exact) mass is 234 g/mol. The van der Waals surface area contributed by atoms with Gasteiger partial charge >= 0.3 is 0 Å². The van der Waals surface area contributed by atoms with Crippen LogP contribution in [0.4, 0.5) is 0 Å². The molecule has 2 nitrogen and oxygen atoms in total. The zero-order valence-electron chi connectivity index (χ0n) is 10.3. The van der Waals surface area contributed by atoms with Gasteiger partial charge in [-0.2, -0.15) is 0 Å². The minimum absolute atomic E-state index is 0.871. The molecule has 0 aliphatic rings. The summed E-state index contributed by atoms with van der Waals surface area (Å²) in [5.74, 6) is 0.898. The van der Waals surface area contributed by atoms with E-state index in [4.69, 9.17) is 0 Å². The molecule has 0 radical (unpaired) electrons. The van der Waals surface area contributed by atoms with Crippen molar-refractivity contribution in [2.45, 2.75) is 13.3 Å². The number of rotatable bonds is 2. The molecule has 0 amide bonds. The highest BCUT2D eigenvalue weighted by atomic mass is 14.9. The summed E-state index contributed by atoms with van der Waals surface area (Å²) in [6.45, 7) is 2.07. The van der Waals surface area contributed by atoms with E-state index in [9.17, 15) is 0 Å². The average Bonchev–Trinajstić information content (AvgIpc) is 2.47. The van der Waals surface area contributed by atoms with Crippen molar-refractivity contribution < 1.29 is 0 Å². The van der Waals surface area contributed by atoms with E-state index in [1.165, 1.54) is 11.1 Å². The van der Waals surface area contributed by atoms with E-state index >= 15 is 0 Å². The van der Waals surface area contributed by atoms with Gasteiger partial charge in [0.05, 0.1) is 5.52 Å². The highest BCUT2D eigenvalue weighted by molar-refractivity contribution is 5.83. The zero-order valence-corrected chi connectivity index (χ0v) is 10.3. The molecule has 0 spiro atoms. The van der Waals surface area contributed by atoms with Crippen LogP contribution in [0.2, 0.25) is 0 Å². The second-order valence-corrected chi connectivity index (χ2v) is 4.28. The van der Waals surface area contributed by atoms with Gasteiger partial charge in [0, 0.05) is 18.0 Å². The summed E-state index contributed by atoms with van der Waals surface area (Å²) in [4.78, 5) is 8.87. The molecule has 0 saturated heterocycles. The standard InChI is InChI=1S/C16H14N2/c1-2-16-17-11-14-10-13(8-9-15(14)18-16)12-6-4-3-5-7-12/h3-11H,2H2,1H3. The van der Waals surface area contributed by atoms with E-state index < -0.39 is 0 Å². The number of hydrogen-bond acceptors (Lipinski definition) is 2. The maximum absolute atomic E-state index is 4.52. The molecule has 3 rings (SSSR count). The Balaban J connectivity index is 2.12. The molecular formula is C16H14N2. The first-order valence-electron chi connectivity index (χ1n) is 6.18. The lowest BCUT2D eigenvalue weighted by Gasteiger charge is -2.04. The van der Waals surface area contributed by atoms with Crippen molar-refractivity contribution in [1.29, 1.82) is 0 Å². The van der Waals surface area contributed by atoms with Crippen molar-refractivity contribution in [3.8, 4) is 11.1 Å². The first-order chi connectivity index (χ1) is 8.86. The van der Waals surface area contributed by atoms with Crippen molar-refractivity contribution in [2.75, 3.05) is 0 Å². The summed E-state index contributed by atoms with van der Waals surface area (Å²) < 4.78 is 0.